The van der Waals surface area contributed by atoms with Gasteiger partial charge in [0.15, 0.2) is 0 Å². The van der Waals surface area contributed by atoms with E-state index in [1.54, 1.807) is 6.07 Å². The first-order valence-electron chi connectivity index (χ1n) is 12.3. The molecule has 0 fully saturated rings. The fraction of sp³-hybridized carbons (Fsp3) is 0.269. The third-order valence-corrected chi connectivity index (χ3v) is 9.71. The Hall–Kier alpha value is -3.60. The molecule has 0 aromatic heterocycles. The monoisotopic (exact) mass is 665 g/mol. The van der Waals surface area contributed by atoms with Gasteiger partial charge in [0, 0.05) is 12.2 Å². The van der Waals surface area contributed by atoms with Crippen molar-refractivity contribution in [3.63, 3.8) is 0 Å². The number of sulfonamides is 2. The molecule has 1 heterocycles. The van der Waals surface area contributed by atoms with E-state index in [1.807, 2.05) is 0 Å². The number of anilines is 2. The van der Waals surface area contributed by atoms with Crippen LogP contribution in [0.4, 0.5) is 33.7 Å². The lowest BCUT2D eigenvalue weighted by Crippen LogP contribution is -2.48. The molecule has 2 N–H and O–H groups in total. The van der Waals surface area contributed by atoms with Crippen LogP contribution in [0.2, 0.25) is 5.02 Å². The molecule has 3 aromatic carbocycles. The zero-order chi connectivity index (χ0) is 31.8. The predicted molar refractivity (Wildman–Crippen MR) is 149 cm³/mol. The molecule has 0 unspecified atom stereocenters. The second kappa shape index (κ2) is 11.8. The summed E-state index contributed by atoms with van der Waals surface area (Å²) in [5, 5.41) is 1.64. The summed E-state index contributed by atoms with van der Waals surface area (Å²) in [6, 6.07) is 13.7. The van der Waals surface area contributed by atoms with Gasteiger partial charge in [-0.05, 0) is 62.4 Å². The Balaban J connectivity index is 1.66. The molecule has 0 saturated heterocycles. The molecule has 1 aliphatic rings. The van der Waals surface area contributed by atoms with E-state index < -0.39 is 66.3 Å². The van der Waals surface area contributed by atoms with Crippen molar-refractivity contribution in [1.29, 1.82) is 0 Å². The Morgan fingerprint density at radius 3 is 2.33 bits per heavy atom. The molecule has 0 bridgehead atoms. The Morgan fingerprint density at radius 2 is 1.70 bits per heavy atom. The smallest absolute Gasteiger partial charge is 0.427 e. The first-order chi connectivity index (χ1) is 19.9. The van der Waals surface area contributed by atoms with Gasteiger partial charge in [0.1, 0.15) is 17.7 Å². The SMILES string of the molecule is CC(C)(OC(=O)Nc1ccc2c(c1)N(S(=O)(=O)c1ccc(F)c(Cl)c1)C[C@H](CNS(=O)(=O)c1ccccc1)O2)C(F)(F)F. The van der Waals surface area contributed by atoms with Crippen LogP contribution in [0.25, 0.3) is 0 Å². The minimum Gasteiger partial charge on any atom is -0.485 e. The number of alkyl halides is 3. The van der Waals surface area contributed by atoms with Gasteiger partial charge in [-0.15, -0.1) is 0 Å². The van der Waals surface area contributed by atoms with Gasteiger partial charge < -0.3 is 9.47 Å². The molecular weight excluding hydrogens is 642 g/mol. The van der Waals surface area contributed by atoms with Crippen LogP contribution in [-0.2, 0) is 24.8 Å². The highest BCUT2D eigenvalue weighted by Gasteiger charge is 2.51. The van der Waals surface area contributed by atoms with Crippen LogP contribution in [0.1, 0.15) is 13.8 Å². The van der Waals surface area contributed by atoms with Gasteiger partial charge in [-0.2, -0.15) is 13.2 Å². The largest absolute Gasteiger partial charge is 0.485 e. The lowest BCUT2D eigenvalue weighted by Gasteiger charge is -2.36. The Kier molecular flexibility index (Phi) is 8.89. The maximum atomic E-state index is 13.8. The van der Waals surface area contributed by atoms with Gasteiger partial charge in [0.05, 0.1) is 27.0 Å². The molecule has 1 amide bonds. The fourth-order valence-corrected chi connectivity index (χ4v) is 6.66. The molecule has 1 aliphatic heterocycles. The van der Waals surface area contributed by atoms with Crippen LogP contribution < -0.4 is 19.1 Å². The Morgan fingerprint density at radius 1 is 1.02 bits per heavy atom. The summed E-state index contributed by atoms with van der Waals surface area (Å²) in [6.07, 6.45) is -7.41. The van der Waals surface area contributed by atoms with Gasteiger partial charge in [-0.1, -0.05) is 29.8 Å². The lowest BCUT2D eigenvalue weighted by atomic mass is 10.1. The standard InChI is InChI=1S/C26H24ClF4N3O7S2/c1-25(2,26(29,30)31)41-24(35)33-16-8-11-23-22(12-16)34(43(38,39)19-9-10-21(28)20(27)13-19)15-17(40-23)14-32-42(36,37)18-6-4-3-5-7-18/h3-13,17,32H,14-15H2,1-2H3,(H,33,35)/t17-/m0/s1. The van der Waals surface area contributed by atoms with Crippen molar-refractivity contribution in [2.75, 3.05) is 22.7 Å². The predicted octanol–water partition coefficient (Wildman–Crippen LogP) is 5.30. The van der Waals surface area contributed by atoms with E-state index in [-0.39, 0.29) is 28.6 Å². The van der Waals surface area contributed by atoms with Gasteiger partial charge >= 0.3 is 12.3 Å². The number of fused-ring (bicyclic) bond motifs is 1. The van der Waals surface area contributed by atoms with Crippen LogP contribution in [-0.4, -0.2) is 53.9 Å². The normalized spacial score (nSPS) is 15.8. The average Bonchev–Trinajstić information content (AvgIpc) is 2.92. The number of carbonyl (C=O) groups is 1. The van der Waals surface area contributed by atoms with Crippen molar-refractivity contribution in [1.82, 2.24) is 4.72 Å². The maximum absolute atomic E-state index is 13.8. The number of hydrogen-bond acceptors (Lipinski definition) is 7. The van der Waals surface area contributed by atoms with Crippen LogP contribution in [0.15, 0.2) is 76.5 Å². The van der Waals surface area contributed by atoms with E-state index >= 15 is 0 Å². The summed E-state index contributed by atoms with van der Waals surface area (Å²) in [7, 11) is -8.51. The number of rotatable bonds is 8. The lowest BCUT2D eigenvalue weighted by molar-refractivity contribution is -0.242. The average molecular weight is 666 g/mol. The van der Waals surface area contributed by atoms with Crippen molar-refractivity contribution in [2.24, 2.45) is 0 Å². The summed E-state index contributed by atoms with van der Waals surface area (Å²) in [4.78, 5) is 11.8. The van der Waals surface area contributed by atoms with E-state index in [9.17, 15) is 39.2 Å². The van der Waals surface area contributed by atoms with E-state index in [0.29, 0.717) is 13.8 Å². The summed E-state index contributed by atoms with van der Waals surface area (Å²) < 4.78 is 120. The molecule has 232 valence electrons. The number of ether oxygens (including phenoxy) is 2. The van der Waals surface area contributed by atoms with Crippen LogP contribution in [0.3, 0.4) is 0 Å². The van der Waals surface area contributed by atoms with Crippen LogP contribution in [0, 0.1) is 5.82 Å². The van der Waals surface area contributed by atoms with Gasteiger partial charge in [0.25, 0.3) is 10.0 Å². The third kappa shape index (κ3) is 7.14. The zero-order valence-corrected chi connectivity index (χ0v) is 24.7. The first kappa shape index (κ1) is 32.3. The molecule has 4 rings (SSSR count). The molecule has 0 spiro atoms. The van der Waals surface area contributed by atoms with Gasteiger partial charge in [-0.3, -0.25) is 9.62 Å². The Bertz CT molecular complexity index is 1740. The van der Waals surface area contributed by atoms with Crippen molar-refractivity contribution in [3.8, 4) is 5.75 Å². The highest BCUT2D eigenvalue weighted by molar-refractivity contribution is 7.92. The molecular formula is C26H24ClF4N3O7S2. The third-order valence-electron chi connectivity index (χ3n) is 6.20. The summed E-state index contributed by atoms with van der Waals surface area (Å²) in [6.45, 7) is 0.478. The summed E-state index contributed by atoms with van der Waals surface area (Å²) in [5.41, 5.74) is -3.13. The molecule has 0 aliphatic carbocycles. The number of benzene rings is 3. The number of carbonyl (C=O) groups excluding carboxylic acids is 1. The molecule has 17 heteroatoms. The minimum atomic E-state index is -4.87. The topological polar surface area (TPSA) is 131 Å². The molecule has 0 radical (unpaired) electrons. The van der Waals surface area contributed by atoms with Crippen molar-refractivity contribution < 1.29 is 48.7 Å². The van der Waals surface area contributed by atoms with E-state index in [0.717, 1.165) is 28.6 Å². The van der Waals surface area contributed by atoms with Gasteiger partial charge in [-0.25, -0.2) is 30.7 Å². The number of nitrogens with one attached hydrogen (secondary N) is 2. The van der Waals surface area contributed by atoms with Crippen molar-refractivity contribution in [2.45, 2.75) is 41.5 Å². The molecule has 0 saturated carbocycles. The van der Waals surface area contributed by atoms with Crippen LogP contribution >= 0.6 is 11.6 Å². The minimum absolute atomic E-state index is 0.0343. The Labute approximate surface area is 249 Å². The quantitative estimate of drug-likeness (QED) is 0.312. The highest BCUT2D eigenvalue weighted by atomic mass is 35.5. The maximum Gasteiger partial charge on any atom is 0.427 e. The molecule has 1 atom stereocenters. The summed E-state index contributed by atoms with van der Waals surface area (Å²) in [5.74, 6) is -0.940. The zero-order valence-electron chi connectivity index (χ0n) is 22.4. The number of amides is 1. The highest BCUT2D eigenvalue weighted by Crippen LogP contribution is 2.40. The van der Waals surface area contributed by atoms with Crippen LogP contribution in [0.5, 0.6) is 5.75 Å². The fourth-order valence-electron chi connectivity index (χ4n) is 3.81. The summed E-state index contributed by atoms with van der Waals surface area (Å²) >= 11 is 5.81. The van der Waals surface area contributed by atoms with E-state index in [1.165, 1.54) is 36.4 Å². The second-order valence-corrected chi connectivity index (χ2v) is 13.8. The van der Waals surface area contributed by atoms with E-state index in [2.05, 4.69) is 14.8 Å². The number of halogens is 5. The van der Waals surface area contributed by atoms with Crippen molar-refractivity contribution >= 4 is 49.1 Å². The number of nitrogens with zero attached hydrogens (tertiary/aromatic N) is 1. The molecule has 10 nitrogen and oxygen atoms in total. The second-order valence-electron chi connectivity index (χ2n) is 9.72. The molecule has 43 heavy (non-hydrogen) atoms. The van der Waals surface area contributed by atoms with Crippen molar-refractivity contribution in [3.05, 3.63) is 77.6 Å². The number of hydrogen-bond donors (Lipinski definition) is 2. The van der Waals surface area contributed by atoms with E-state index in [4.69, 9.17) is 16.3 Å². The van der Waals surface area contributed by atoms with Gasteiger partial charge in [0.2, 0.25) is 15.6 Å². The molecule has 3 aromatic rings. The first-order valence-corrected chi connectivity index (χ1v) is 15.6.